The average Bonchev–Trinajstić information content (AvgIpc) is 2.86. The Morgan fingerprint density at radius 3 is 2.95 bits per heavy atom. The molecule has 2 heterocycles. The Labute approximate surface area is 123 Å². The zero-order valence-corrected chi connectivity index (χ0v) is 12.6. The Bertz CT molecular complexity index is 553. The molecule has 0 saturated heterocycles. The van der Waals surface area contributed by atoms with Crippen molar-refractivity contribution in [2.75, 3.05) is 0 Å². The second-order valence-electron chi connectivity index (χ2n) is 4.78. The highest BCUT2D eigenvalue weighted by atomic mass is 32.1. The van der Waals surface area contributed by atoms with Crippen LogP contribution in [0.5, 0.6) is 0 Å². The Kier molecular flexibility index (Phi) is 5.24. The van der Waals surface area contributed by atoms with Crippen LogP contribution in [0.15, 0.2) is 29.8 Å². The number of amides is 1. The summed E-state index contributed by atoms with van der Waals surface area (Å²) < 4.78 is 0. The summed E-state index contributed by atoms with van der Waals surface area (Å²) in [5.41, 5.74) is 1.83. The molecule has 1 amide bonds. The number of hydrogen-bond donors (Lipinski definition) is 1. The maximum absolute atomic E-state index is 11.8. The van der Waals surface area contributed by atoms with Crippen LogP contribution in [0.3, 0.4) is 0 Å². The van der Waals surface area contributed by atoms with Gasteiger partial charge in [-0.05, 0) is 25.5 Å². The zero-order chi connectivity index (χ0) is 14.4. The van der Waals surface area contributed by atoms with E-state index in [1.54, 1.807) is 17.5 Å². The molecule has 0 aromatic carbocycles. The number of nitrogens with one attached hydrogen (secondary N) is 1. The molecular weight excluding hydrogens is 270 g/mol. The van der Waals surface area contributed by atoms with Gasteiger partial charge in [-0.15, -0.1) is 11.3 Å². The number of pyridine rings is 1. The smallest absolute Gasteiger partial charge is 0.226 e. The lowest BCUT2D eigenvalue weighted by Crippen LogP contribution is -2.33. The quantitative estimate of drug-likeness (QED) is 0.889. The molecule has 1 atom stereocenters. The number of thiazole rings is 1. The molecule has 0 fully saturated rings. The molecule has 1 N–H and O–H groups in total. The van der Waals surface area contributed by atoms with Crippen molar-refractivity contribution < 1.29 is 4.79 Å². The SMILES string of the molecule is CCC(C)NC(=O)Cc1csc(Cc2ccccn2)n1. The van der Waals surface area contributed by atoms with Gasteiger partial charge in [0.1, 0.15) is 0 Å². The monoisotopic (exact) mass is 289 g/mol. The van der Waals surface area contributed by atoms with E-state index >= 15 is 0 Å². The first-order valence-corrected chi connectivity index (χ1v) is 7.68. The molecular formula is C15H19N3OS. The summed E-state index contributed by atoms with van der Waals surface area (Å²) in [6, 6.07) is 6.07. The van der Waals surface area contributed by atoms with Gasteiger partial charge in [-0.3, -0.25) is 9.78 Å². The van der Waals surface area contributed by atoms with Gasteiger partial charge in [0.05, 0.1) is 17.1 Å². The Morgan fingerprint density at radius 2 is 2.25 bits per heavy atom. The third-order valence-electron chi connectivity index (χ3n) is 3.02. The molecule has 1 unspecified atom stereocenters. The van der Waals surface area contributed by atoms with E-state index in [-0.39, 0.29) is 11.9 Å². The summed E-state index contributed by atoms with van der Waals surface area (Å²) in [7, 11) is 0. The van der Waals surface area contributed by atoms with Gasteiger partial charge in [0.2, 0.25) is 5.91 Å². The van der Waals surface area contributed by atoms with Crippen LogP contribution in [0, 0.1) is 0 Å². The predicted molar refractivity (Wildman–Crippen MR) is 80.8 cm³/mol. The highest BCUT2D eigenvalue weighted by molar-refractivity contribution is 7.09. The highest BCUT2D eigenvalue weighted by Crippen LogP contribution is 2.14. The van der Waals surface area contributed by atoms with E-state index in [4.69, 9.17) is 0 Å². The molecule has 0 spiro atoms. The molecule has 2 rings (SSSR count). The maximum atomic E-state index is 11.8. The highest BCUT2D eigenvalue weighted by Gasteiger charge is 2.10. The minimum Gasteiger partial charge on any atom is -0.353 e. The standard InChI is InChI=1S/C15H19N3OS/c1-3-11(2)17-14(19)8-13-10-20-15(18-13)9-12-6-4-5-7-16-12/h4-7,10-11H,3,8-9H2,1-2H3,(H,17,19). The molecule has 0 saturated carbocycles. The Morgan fingerprint density at radius 1 is 1.40 bits per heavy atom. The summed E-state index contributed by atoms with van der Waals surface area (Å²) in [4.78, 5) is 20.6. The third kappa shape index (κ3) is 4.42. The number of hydrogen-bond acceptors (Lipinski definition) is 4. The summed E-state index contributed by atoms with van der Waals surface area (Å²) in [6.07, 6.45) is 3.79. The molecule has 0 aliphatic rings. The summed E-state index contributed by atoms with van der Waals surface area (Å²) in [6.45, 7) is 4.06. The van der Waals surface area contributed by atoms with Gasteiger partial charge in [0.15, 0.2) is 0 Å². The van der Waals surface area contributed by atoms with E-state index in [1.807, 2.05) is 30.5 Å². The molecule has 2 aromatic heterocycles. The number of nitrogens with zero attached hydrogens (tertiary/aromatic N) is 2. The van der Waals surface area contributed by atoms with Gasteiger partial charge in [0, 0.05) is 29.7 Å². The summed E-state index contributed by atoms with van der Waals surface area (Å²) in [5.74, 6) is 0.0361. The van der Waals surface area contributed by atoms with Crippen molar-refractivity contribution in [2.45, 2.75) is 39.2 Å². The van der Waals surface area contributed by atoms with Crippen LogP contribution in [0.1, 0.15) is 36.7 Å². The first-order valence-electron chi connectivity index (χ1n) is 6.80. The molecule has 20 heavy (non-hydrogen) atoms. The molecule has 4 nitrogen and oxygen atoms in total. The lowest BCUT2D eigenvalue weighted by Gasteiger charge is -2.10. The van der Waals surface area contributed by atoms with Crippen LogP contribution in [-0.2, 0) is 17.6 Å². The van der Waals surface area contributed by atoms with Crippen LogP contribution in [0.4, 0.5) is 0 Å². The average molecular weight is 289 g/mol. The van der Waals surface area contributed by atoms with E-state index in [2.05, 4.69) is 22.2 Å². The van der Waals surface area contributed by atoms with Crippen molar-refractivity contribution in [3.63, 3.8) is 0 Å². The first-order chi connectivity index (χ1) is 9.67. The fourth-order valence-corrected chi connectivity index (χ4v) is 2.57. The van der Waals surface area contributed by atoms with Crippen LogP contribution in [-0.4, -0.2) is 21.9 Å². The topological polar surface area (TPSA) is 54.9 Å². The van der Waals surface area contributed by atoms with Gasteiger partial charge in [-0.25, -0.2) is 4.98 Å². The molecule has 2 aromatic rings. The van der Waals surface area contributed by atoms with Gasteiger partial charge in [-0.2, -0.15) is 0 Å². The van der Waals surface area contributed by atoms with E-state index in [0.29, 0.717) is 6.42 Å². The van der Waals surface area contributed by atoms with E-state index in [9.17, 15) is 4.79 Å². The van der Waals surface area contributed by atoms with E-state index in [0.717, 1.165) is 29.2 Å². The fraction of sp³-hybridized carbons (Fsp3) is 0.400. The van der Waals surface area contributed by atoms with E-state index < -0.39 is 0 Å². The van der Waals surface area contributed by atoms with Crippen LogP contribution < -0.4 is 5.32 Å². The second kappa shape index (κ2) is 7.14. The predicted octanol–water partition coefficient (Wildman–Crippen LogP) is 2.59. The van der Waals surface area contributed by atoms with Crippen molar-refractivity contribution in [1.82, 2.24) is 15.3 Å². The van der Waals surface area contributed by atoms with Crippen LogP contribution in [0.25, 0.3) is 0 Å². The van der Waals surface area contributed by atoms with E-state index in [1.165, 1.54) is 0 Å². The van der Waals surface area contributed by atoms with Crippen molar-refractivity contribution in [3.8, 4) is 0 Å². The second-order valence-corrected chi connectivity index (χ2v) is 5.73. The third-order valence-corrected chi connectivity index (χ3v) is 3.92. The van der Waals surface area contributed by atoms with Gasteiger partial charge >= 0.3 is 0 Å². The zero-order valence-electron chi connectivity index (χ0n) is 11.8. The van der Waals surface area contributed by atoms with Crippen molar-refractivity contribution in [3.05, 3.63) is 46.2 Å². The number of carbonyl (C=O) groups is 1. The minimum absolute atomic E-state index is 0.0361. The normalized spacial score (nSPS) is 12.1. The molecule has 0 radical (unpaired) electrons. The Hall–Kier alpha value is -1.75. The summed E-state index contributed by atoms with van der Waals surface area (Å²) in [5, 5.41) is 5.90. The van der Waals surface area contributed by atoms with Gasteiger partial charge in [0.25, 0.3) is 0 Å². The lowest BCUT2D eigenvalue weighted by molar-refractivity contribution is -0.121. The maximum Gasteiger partial charge on any atom is 0.226 e. The van der Waals surface area contributed by atoms with Crippen LogP contribution in [0.2, 0.25) is 0 Å². The molecule has 0 aliphatic heterocycles. The van der Waals surface area contributed by atoms with Gasteiger partial charge in [-0.1, -0.05) is 13.0 Å². The van der Waals surface area contributed by atoms with Crippen molar-refractivity contribution >= 4 is 17.2 Å². The molecule has 0 bridgehead atoms. The Balaban J connectivity index is 1.91. The minimum atomic E-state index is 0.0361. The number of rotatable bonds is 6. The van der Waals surface area contributed by atoms with Crippen LogP contribution >= 0.6 is 11.3 Å². The largest absolute Gasteiger partial charge is 0.353 e. The summed E-state index contributed by atoms with van der Waals surface area (Å²) >= 11 is 1.58. The number of carbonyl (C=O) groups excluding carboxylic acids is 1. The fourth-order valence-electron chi connectivity index (χ4n) is 1.76. The number of aromatic nitrogens is 2. The van der Waals surface area contributed by atoms with Crippen molar-refractivity contribution in [2.24, 2.45) is 0 Å². The van der Waals surface area contributed by atoms with Gasteiger partial charge < -0.3 is 5.32 Å². The molecule has 5 heteroatoms. The van der Waals surface area contributed by atoms with Crippen molar-refractivity contribution in [1.29, 1.82) is 0 Å². The first kappa shape index (κ1) is 14.7. The molecule has 106 valence electrons. The lowest BCUT2D eigenvalue weighted by atomic mass is 10.2. The molecule has 0 aliphatic carbocycles.